The summed E-state index contributed by atoms with van der Waals surface area (Å²) in [4.78, 5) is 17.5. The van der Waals surface area contributed by atoms with Crippen LogP contribution in [-0.2, 0) is 9.53 Å². The Kier molecular flexibility index (Phi) is 5.05. The summed E-state index contributed by atoms with van der Waals surface area (Å²) in [5, 5.41) is 3.28. The van der Waals surface area contributed by atoms with Crippen molar-refractivity contribution >= 4 is 5.91 Å². The minimum atomic E-state index is 0.171. The maximum Gasteiger partial charge on any atom is 0.226 e. The number of ether oxygens (including phenoxy) is 1. The molecule has 22 heavy (non-hydrogen) atoms. The Hall–Kier alpha value is -0.650. The standard InChI is InChI=1S/C17H31N3O2/c1-12-9-19(10-13(2)22-12)11-16-5-4-6-20(16)17(21)14(3)15-7-18-8-15/h12-16,18H,4-11H2,1-3H3. The Balaban J connectivity index is 1.57. The molecule has 3 fully saturated rings. The van der Waals surface area contributed by atoms with Gasteiger partial charge in [-0.15, -0.1) is 0 Å². The van der Waals surface area contributed by atoms with Crippen molar-refractivity contribution in [1.82, 2.24) is 15.1 Å². The molecule has 0 bridgehead atoms. The number of likely N-dealkylation sites (tertiary alicyclic amines) is 1. The normalized spacial score (nSPS) is 35.4. The molecule has 0 spiro atoms. The molecule has 0 aliphatic carbocycles. The molecule has 3 aliphatic heterocycles. The third-order valence-corrected chi connectivity index (χ3v) is 5.53. The summed E-state index contributed by atoms with van der Waals surface area (Å²) >= 11 is 0. The van der Waals surface area contributed by atoms with Crippen molar-refractivity contribution in [3.8, 4) is 0 Å². The number of hydrogen-bond acceptors (Lipinski definition) is 4. The van der Waals surface area contributed by atoms with Crippen molar-refractivity contribution in [2.24, 2.45) is 11.8 Å². The number of nitrogens with zero attached hydrogens (tertiary/aromatic N) is 2. The molecule has 0 aromatic heterocycles. The van der Waals surface area contributed by atoms with Crippen molar-refractivity contribution in [2.75, 3.05) is 39.3 Å². The van der Waals surface area contributed by atoms with Gasteiger partial charge in [0.05, 0.1) is 12.2 Å². The highest BCUT2D eigenvalue weighted by Crippen LogP contribution is 2.26. The molecule has 0 radical (unpaired) electrons. The average molecular weight is 309 g/mol. The fraction of sp³-hybridized carbons (Fsp3) is 0.941. The van der Waals surface area contributed by atoms with Crippen molar-refractivity contribution in [1.29, 1.82) is 0 Å². The van der Waals surface area contributed by atoms with E-state index in [1.165, 1.54) is 0 Å². The lowest BCUT2D eigenvalue weighted by Crippen LogP contribution is -2.54. The number of nitrogens with one attached hydrogen (secondary N) is 1. The van der Waals surface area contributed by atoms with E-state index in [9.17, 15) is 4.79 Å². The maximum atomic E-state index is 12.8. The predicted octanol–water partition coefficient (Wildman–Crippen LogP) is 0.942. The van der Waals surface area contributed by atoms with Crippen LogP contribution >= 0.6 is 0 Å². The largest absolute Gasteiger partial charge is 0.373 e. The van der Waals surface area contributed by atoms with Crippen LogP contribution in [0.2, 0.25) is 0 Å². The van der Waals surface area contributed by atoms with E-state index < -0.39 is 0 Å². The summed E-state index contributed by atoms with van der Waals surface area (Å²) in [5.74, 6) is 1.09. The van der Waals surface area contributed by atoms with Gasteiger partial charge in [0.2, 0.25) is 5.91 Å². The van der Waals surface area contributed by atoms with Crippen molar-refractivity contribution in [2.45, 2.75) is 51.9 Å². The lowest BCUT2D eigenvalue weighted by Gasteiger charge is -2.40. The first-order valence-corrected chi connectivity index (χ1v) is 8.93. The number of amides is 1. The zero-order valence-electron chi connectivity index (χ0n) is 14.3. The van der Waals surface area contributed by atoms with Gasteiger partial charge >= 0.3 is 0 Å². The minimum Gasteiger partial charge on any atom is -0.373 e. The zero-order valence-corrected chi connectivity index (χ0v) is 14.3. The van der Waals surface area contributed by atoms with E-state index >= 15 is 0 Å². The molecule has 1 amide bonds. The Morgan fingerprint density at radius 2 is 1.95 bits per heavy atom. The van der Waals surface area contributed by atoms with Crippen LogP contribution in [0.25, 0.3) is 0 Å². The topological polar surface area (TPSA) is 44.8 Å². The second kappa shape index (κ2) is 6.85. The van der Waals surface area contributed by atoms with E-state index in [2.05, 4.69) is 35.9 Å². The third kappa shape index (κ3) is 3.47. The highest BCUT2D eigenvalue weighted by Gasteiger charge is 2.37. The zero-order chi connectivity index (χ0) is 15.7. The van der Waals surface area contributed by atoms with Crippen LogP contribution in [0.3, 0.4) is 0 Å². The Morgan fingerprint density at radius 1 is 1.27 bits per heavy atom. The monoisotopic (exact) mass is 309 g/mol. The van der Waals surface area contributed by atoms with Gasteiger partial charge in [-0.2, -0.15) is 0 Å². The highest BCUT2D eigenvalue weighted by molar-refractivity contribution is 5.79. The smallest absolute Gasteiger partial charge is 0.226 e. The van der Waals surface area contributed by atoms with Gasteiger partial charge in [0.15, 0.2) is 0 Å². The molecule has 5 nitrogen and oxygen atoms in total. The Labute approximate surface area is 134 Å². The number of carbonyl (C=O) groups excluding carboxylic acids is 1. The molecule has 4 atom stereocenters. The summed E-state index contributed by atoms with van der Waals surface area (Å²) < 4.78 is 5.82. The molecule has 4 unspecified atom stereocenters. The molecular formula is C17H31N3O2. The molecule has 3 saturated heterocycles. The summed E-state index contributed by atoms with van der Waals surface area (Å²) in [6.07, 6.45) is 2.91. The van der Waals surface area contributed by atoms with Crippen molar-refractivity contribution < 1.29 is 9.53 Å². The van der Waals surface area contributed by atoms with Gasteiger partial charge < -0.3 is 15.0 Å². The SMILES string of the molecule is CC1CN(CC2CCCN2C(=O)C(C)C2CNC2)CC(C)O1. The van der Waals surface area contributed by atoms with Gasteiger partial charge in [0, 0.05) is 38.1 Å². The van der Waals surface area contributed by atoms with Crippen molar-refractivity contribution in [3.63, 3.8) is 0 Å². The fourth-order valence-electron chi connectivity index (χ4n) is 4.17. The van der Waals surface area contributed by atoms with Crippen LogP contribution in [0.4, 0.5) is 0 Å². The molecule has 1 N–H and O–H groups in total. The lowest BCUT2D eigenvalue weighted by molar-refractivity contribution is -0.139. The first-order valence-electron chi connectivity index (χ1n) is 8.93. The molecule has 126 valence electrons. The number of carbonyl (C=O) groups is 1. The second-order valence-corrected chi connectivity index (χ2v) is 7.51. The summed E-state index contributed by atoms with van der Waals surface area (Å²) in [6.45, 7) is 12.4. The van der Waals surface area contributed by atoms with Gasteiger partial charge in [0.25, 0.3) is 0 Å². The van der Waals surface area contributed by atoms with Crippen LogP contribution < -0.4 is 5.32 Å². The Morgan fingerprint density at radius 3 is 2.55 bits per heavy atom. The highest BCUT2D eigenvalue weighted by atomic mass is 16.5. The fourth-order valence-corrected chi connectivity index (χ4v) is 4.17. The van der Waals surface area contributed by atoms with E-state index in [1.807, 2.05) is 0 Å². The van der Waals surface area contributed by atoms with Gasteiger partial charge in [-0.05, 0) is 45.7 Å². The van der Waals surface area contributed by atoms with E-state index in [0.717, 1.165) is 52.1 Å². The second-order valence-electron chi connectivity index (χ2n) is 7.51. The molecule has 5 heteroatoms. The van der Waals surface area contributed by atoms with Gasteiger partial charge in [-0.1, -0.05) is 6.92 Å². The van der Waals surface area contributed by atoms with Crippen molar-refractivity contribution in [3.05, 3.63) is 0 Å². The van der Waals surface area contributed by atoms with Crippen LogP contribution in [0, 0.1) is 11.8 Å². The van der Waals surface area contributed by atoms with E-state index in [0.29, 0.717) is 30.1 Å². The molecule has 3 aliphatic rings. The van der Waals surface area contributed by atoms with E-state index in [4.69, 9.17) is 4.74 Å². The maximum absolute atomic E-state index is 12.8. The molecule has 3 heterocycles. The quantitative estimate of drug-likeness (QED) is 0.839. The van der Waals surface area contributed by atoms with Crippen LogP contribution in [0.1, 0.15) is 33.6 Å². The molecule has 3 rings (SSSR count). The van der Waals surface area contributed by atoms with Gasteiger partial charge in [-0.25, -0.2) is 0 Å². The average Bonchev–Trinajstić information content (AvgIpc) is 2.82. The summed E-state index contributed by atoms with van der Waals surface area (Å²) in [7, 11) is 0. The first kappa shape index (κ1) is 16.2. The first-order chi connectivity index (χ1) is 10.5. The van der Waals surface area contributed by atoms with Crippen LogP contribution in [0.5, 0.6) is 0 Å². The van der Waals surface area contributed by atoms with E-state index in [1.54, 1.807) is 0 Å². The van der Waals surface area contributed by atoms with E-state index in [-0.39, 0.29) is 5.92 Å². The van der Waals surface area contributed by atoms with Gasteiger partial charge in [-0.3, -0.25) is 9.69 Å². The summed E-state index contributed by atoms with van der Waals surface area (Å²) in [5.41, 5.74) is 0. The number of morpholine rings is 1. The number of rotatable bonds is 4. The molecule has 0 saturated carbocycles. The number of hydrogen-bond donors (Lipinski definition) is 1. The van der Waals surface area contributed by atoms with Crippen LogP contribution in [0.15, 0.2) is 0 Å². The molecule has 0 aromatic rings. The lowest BCUT2D eigenvalue weighted by atomic mass is 9.88. The van der Waals surface area contributed by atoms with Crippen LogP contribution in [-0.4, -0.2) is 73.2 Å². The summed E-state index contributed by atoms with van der Waals surface area (Å²) in [6, 6.07) is 0.403. The predicted molar refractivity (Wildman–Crippen MR) is 86.7 cm³/mol. The third-order valence-electron chi connectivity index (χ3n) is 5.53. The van der Waals surface area contributed by atoms with Gasteiger partial charge in [0.1, 0.15) is 0 Å². The Bertz CT molecular complexity index is 389. The minimum absolute atomic E-state index is 0.171. The molecule has 0 aromatic carbocycles. The molecular weight excluding hydrogens is 278 g/mol.